The van der Waals surface area contributed by atoms with Gasteiger partial charge in [-0.1, -0.05) is 29.8 Å². The lowest BCUT2D eigenvalue weighted by Crippen LogP contribution is -2.54. The Morgan fingerprint density at radius 3 is 2.50 bits per heavy atom. The van der Waals surface area contributed by atoms with Crippen molar-refractivity contribution in [3.05, 3.63) is 102 Å². The Balaban J connectivity index is 0.728. The van der Waals surface area contributed by atoms with Crippen molar-refractivity contribution in [2.75, 3.05) is 62.8 Å². The van der Waals surface area contributed by atoms with Crippen LogP contribution in [0.25, 0.3) is 16.9 Å². The molecule has 60 heavy (non-hydrogen) atoms. The van der Waals surface area contributed by atoms with Gasteiger partial charge < -0.3 is 29.9 Å². The fraction of sp³-hybridized carbons (Fsp3) is 0.302. The third-order valence-electron chi connectivity index (χ3n) is 10.7. The summed E-state index contributed by atoms with van der Waals surface area (Å²) >= 11 is 0. The second-order valence-electron chi connectivity index (χ2n) is 14.6. The standard InChI is InChI=1S/C43H43N9O8/c1-27-4-2-5-28(24-27)33-25-46-39(40-45-15-17-51(33)40)47-29-8-10-30(11-9-29)49-18-20-50(21-19-49)37(55)14-22-59-23-16-44-36(54)26-60-34-7-3-6-31-38(34)43(58)52(42(31)57)32-12-13-35(53)48-41(32)56/h2-11,15,17,24-25,32H,12-14,16,18-23,26H2,1H3,(H,44,54)(H,46,47)(H,48,53,56). The van der Waals surface area contributed by atoms with Crippen LogP contribution in [0.3, 0.4) is 0 Å². The van der Waals surface area contributed by atoms with E-state index < -0.39 is 42.2 Å². The molecule has 2 aromatic heterocycles. The van der Waals surface area contributed by atoms with Gasteiger partial charge >= 0.3 is 0 Å². The molecule has 17 heteroatoms. The van der Waals surface area contributed by atoms with Crippen LogP contribution in [0.2, 0.25) is 0 Å². The lowest BCUT2D eigenvalue weighted by molar-refractivity contribution is -0.136. The molecule has 0 radical (unpaired) electrons. The molecule has 6 amide bonds. The number of imidazole rings is 1. The van der Waals surface area contributed by atoms with Crippen LogP contribution in [0.15, 0.2) is 85.3 Å². The SMILES string of the molecule is Cc1cccc(-c2cnc(Nc3ccc(N4CCN(C(=O)CCOCCNC(=O)COc5cccc6c5C(=O)N(C5CCC(=O)NC5=O)C6=O)CC4)cc3)c3nccn23)c1. The molecular weight excluding hydrogens is 771 g/mol. The highest BCUT2D eigenvalue weighted by atomic mass is 16.5. The molecule has 1 atom stereocenters. The minimum Gasteiger partial charge on any atom is -0.483 e. The maximum absolute atomic E-state index is 13.2. The van der Waals surface area contributed by atoms with E-state index in [-0.39, 0.29) is 61.8 Å². The number of piperidine rings is 1. The fourth-order valence-electron chi connectivity index (χ4n) is 7.61. The van der Waals surface area contributed by atoms with Gasteiger partial charge in [0.2, 0.25) is 17.7 Å². The average Bonchev–Trinajstić information content (AvgIpc) is 3.85. The Hall–Kier alpha value is -7.14. The van der Waals surface area contributed by atoms with Crippen molar-refractivity contribution in [2.45, 2.75) is 32.2 Å². The Morgan fingerprint density at radius 1 is 0.917 bits per heavy atom. The quantitative estimate of drug-likeness (QED) is 0.110. The van der Waals surface area contributed by atoms with E-state index in [4.69, 9.17) is 14.5 Å². The lowest BCUT2D eigenvalue weighted by Gasteiger charge is -2.36. The van der Waals surface area contributed by atoms with Crippen molar-refractivity contribution in [1.29, 1.82) is 0 Å². The summed E-state index contributed by atoms with van der Waals surface area (Å²) in [6, 6.07) is 19.7. The average molecular weight is 814 g/mol. The zero-order chi connectivity index (χ0) is 41.8. The molecule has 308 valence electrons. The second-order valence-corrected chi connectivity index (χ2v) is 14.6. The first-order chi connectivity index (χ1) is 29.1. The number of imide groups is 2. The van der Waals surface area contributed by atoms with Gasteiger partial charge in [-0.25, -0.2) is 9.97 Å². The van der Waals surface area contributed by atoms with Gasteiger partial charge in [-0.15, -0.1) is 0 Å². The largest absolute Gasteiger partial charge is 0.483 e. The topological polar surface area (TPSA) is 197 Å². The smallest absolute Gasteiger partial charge is 0.266 e. The van der Waals surface area contributed by atoms with Crippen LogP contribution in [0.4, 0.5) is 17.2 Å². The number of aromatic nitrogens is 3. The molecule has 3 aliphatic rings. The summed E-state index contributed by atoms with van der Waals surface area (Å²) in [5.74, 6) is -2.37. The van der Waals surface area contributed by atoms with E-state index in [9.17, 15) is 28.8 Å². The van der Waals surface area contributed by atoms with Gasteiger partial charge in [0, 0.05) is 68.5 Å². The van der Waals surface area contributed by atoms with E-state index in [0.29, 0.717) is 32.0 Å². The molecule has 0 aliphatic carbocycles. The number of piperazine rings is 1. The van der Waals surface area contributed by atoms with Crippen LogP contribution < -0.4 is 25.6 Å². The maximum atomic E-state index is 13.2. The molecule has 8 rings (SSSR count). The molecule has 5 aromatic rings. The van der Waals surface area contributed by atoms with Crippen molar-refractivity contribution in [3.63, 3.8) is 0 Å². The van der Waals surface area contributed by atoms with Crippen LogP contribution in [0.5, 0.6) is 5.75 Å². The maximum Gasteiger partial charge on any atom is 0.266 e. The van der Waals surface area contributed by atoms with Gasteiger partial charge in [0.25, 0.3) is 17.7 Å². The number of hydrogen-bond donors (Lipinski definition) is 3. The van der Waals surface area contributed by atoms with Crippen molar-refractivity contribution in [2.24, 2.45) is 0 Å². The number of ether oxygens (including phenoxy) is 2. The number of hydrogen-bond acceptors (Lipinski definition) is 12. The van der Waals surface area contributed by atoms with Crippen molar-refractivity contribution in [3.8, 4) is 17.0 Å². The number of carbonyl (C=O) groups is 6. The van der Waals surface area contributed by atoms with Crippen molar-refractivity contribution >= 4 is 58.3 Å². The summed E-state index contributed by atoms with van der Waals surface area (Å²) in [6.07, 6.45) is 5.79. The summed E-state index contributed by atoms with van der Waals surface area (Å²) in [7, 11) is 0. The van der Waals surface area contributed by atoms with E-state index in [2.05, 4.69) is 63.1 Å². The first-order valence-electron chi connectivity index (χ1n) is 19.8. The second kappa shape index (κ2) is 17.4. The highest BCUT2D eigenvalue weighted by Gasteiger charge is 2.46. The van der Waals surface area contributed by atoms with Crippen LogP contribution in [0.1, 0.15) is 45.5 Å². The Labute approximate surface area is 344 Å². The zero-order valence-corrected chi connectivity index (χ0v) is 32.9. The highest BCUT2D eigenvalue weighted by molar-refractivity contribution is 6.24. The molecule has 2 saturated heterocycles. The van der Waals surface area contributed by atoms with E-state index in [1.807, 2.05) is 39.9 Å². The molecule has 3 N–H and O–H groups in total. The molecule has 0 spiro atoms. The van der Waals surface area contributed by atoms with E-state index in [1.54, 1.807) is 6.20 Å². The predicted molar refractivity (Wildman–Crippen MR) is 219 cm³/mol. The summed E-state index contributed by atoms with van der Waals surface area (Å²) in [5, 5.41) is 8.23. The molecule has 2 fully saturated rings. The van der Waals surface area contributed by atoms with Crippen LogP contribution in [-0.2, 0) is 23.9 Å². The Kier molecular flexibility index (Phi) is 11.5. The predicted octanol–water partition coefficient (Wildman–Crippen LogP) is 3.10. The summed E-state index contributed by atoms with van der Waals surface area (Å²) in [4.78, 5) is 89.7. The minimum atomic E-state index is -1.11. The summed E-state index contributed by atoms with van der Waals surface area (Å²) in [6.45, 7) is 4.73. The third-order valence-corrected chi connectivity index (χ3v) is 10.7. The zero-order valence-electron chi connectivity index (χ0n) is 32.9. The molecule has 17 nitrogen and oxygen atoms in total. The molecule has 0 bridgehead atoms. The summed E-state index contributed by atoms with van der Waals surface area (Å²) < 4.78 is 13.2. The van der Waals surface area contributed by atoms with Gasteiger partial charge in [-0.05, 0) is 55.8 Å². The first kappa shape index (κ1) is 39.7. The molecular formula is C43H43N9O8. The first-order valence-corrected chi connectivity index (χ1v) is 19.8. The van der Waals surface area contributed by atoms with Gasteiger partial charge in [0.1, 0.15) is 11.8 Å². The number of amides is 6. The van der Waals surface area contributed by atoms with E-state index >= 15 is 0 Å². The Bertz CT molecular complexity index is 2480. The number of fused-ring (bicyclic) bond motifs is 2. The molecule has 5 heterocycles. The number of carbonyl (C=O) groups excluding carboxylic acids is 6. The lowest BCUT2D eigenvalue weighted by atomic mass is 10.0. The van der Waals surface area contributed by atoms with Gasteiger partial charge in [0.05, 0.1) is 42.7 Å². The minimum absolute atomic E-state index is 0.00236. The molecule has 1 unspecified atom stereocenters. The van der Waals surface area contributed by atoms with Crippen LogP contribution in [0, 0.1) is 6.92 Å². The molecule has 0 saturated carbocycles. The third kappa shape index (κ3) is 8.38. The highest BCUT2D eigenvalue weighted by Crippen LogP contribution is 2.34. The number of anilines is 3. The van der Waals surface area contributed by atoms with Gasteiger partial charge in [-0.3, -0.25) is 43.4 Å². The van der Waals surface area contributed by atoms with Crippen LogP contribution >= 0.6 is 0 Å². The van der Waals surface area contributed by atoms with E-state index in [0.717, 1.165) is 33.2 Å². The fourth-order valence-corrected chi connectivity index (χ4v) is 7.61. The summed E-state index contributed by atoms with van der Waals surface area (Å²) in [5.41, 5.74) is 5.89. The molecule has 3 aliphatic heterocycles. The van der Waals surface area contributed by atoms with E-state index in [1.165, 1.54) is 23.8 Å². The number of benzene rings is 3. The van der Waals surface area contributed by atoms with Gasteiger partial charge in [-0.2, -0.15) is 0 Å². The Morgan fingerprint density at radius 2 is 1.72 bits per heavy atom. The molecule has 3 aromatic carbocycles. The monoisotopic (exact) mass is 813 g/mol. The number of aryl methyl sites for hydroxylation is 1. The van der Waals surface area contributed by atoms with Crippen molar-refractivity contribution < 1.29 is 38.2 Å². The van der Waals surface area contributed by atoms with Crippen LogP contribution in [-0.4, -0.2) is 118 Å². The number of nitrogens with zero attached hydrogens (tertiary/aromatic N) is 6. The number of nitrogens with one attached hydrogen (secondary N) is 3. The van der Waals surface area contributed by atoms with Gasteiger partial charge in [0.15, 0.2) is 18.1 Å². The van der Waals surface area contributed by atoms with Crippen molar-refractivity contribution in [1.82, 2.24) is 34.8 Å². The number of rotatable bonds is 14. The normalized spacial score (nSPS) is 16.6.